The number of amides is 1. The number of hydrogen-bond donors (Lipinski definition) is 1. The Morgan fingerprint density at radius 1 is 0.909 bits per heavy atom. The van der Waals surface area contributed by atoms with E-state index >= 15 is 0 Å². The van der Waals surface area contributed by atoms with E-state index in [9.17, 15) is 39.6 Å². The summed E-state index contributed by atoms with van der Waals surface area (Å²) in [6.45, 7) is -0.768. The molecule has 1 aliphatic rings. The summed E-state index contributed by atoms with van der Waals surface area (Å²) in [5.74, 6) is -0.462. The maximum atomic E-state index is 12.8. The van der Waals surface area contributed by atoms with E-state index in [0.29, 0.717) is 6.07 Å². The van der Waals surface area contributed by atoms with Crippen LogP contribution in [-0.4, -0.2) is 63.0 Å². The number of benzene rings is 2. The Labute approximate surface area is 185 Å². The minimum absolute atomic E-state index is 0.0542. The Bertz CT molecular complexity index is 1090. The van der Waals surface area contributed by atoms with Crippen molar-refractivity contribution in [2.75, 3.05) is 37.4 Å². The van der Waals surface area contributed by atoms with Gasteiger partial charge in [-0.1, -0.05) is 6.07 Å². The molecular formula is C20H19F6N3O3S. The van der Waals surface area contributed by atoms with Gasteiger partial charge in [0.1, 0.15) is 0 Å². The highest BCUT2D eigenvalue weighted by molar-refractivity contribution is 7.92. The molecule has 1 aliphatic heterocycles. The van der Waals surface area contributed by atoms with E-state index in [-0.39, 0.29) is 42.3 Å². The molecule has 13 heteroatoms. The predicted molar refractivity (Wildman–Crippen MR) is 107 cm³/mol. The van der Waals surface area contributed by atoms with Gasteiger partial charge in [-0.2, -0.15) is 26.3 Å². The van der Waals surface area contributed by atoms with Crippen molar-refractivity contribution in [1.29, 1.82) is 0 Å². The van der Waals surface area contributed by atoms with Crippen LogP contribution >= 0.6 is 0 Å². The Kier molecular flexibility index (Phi) is 6.93. The van der Waals surface area contributed by atoms with Gasteiger partial charge in [-0.05, 0) is 42.5 Å². The maximum absolute atomic E-state index is 12.8. The van der Waals surface area contributed by atoms with E-state index in [2.05, 4.69) is 4.72 Å². The van der Waals surface area contributed by atoms with Gasteiger partial charge >= 0.3 is 12.4 Å². The number of alkyl halides is 6. The third-order valence-corrected chi connectivity index (χ3v) is 6.31. The first-order chi connectivity index (χ1) is 15.2. The quantitative estimate of drug-likeness (QED) is 0.641. The van der Waals surface area contributed by atoms with Crippen LogP contribution in [0.3, 0.4) is 0 Å². The van der Waals surface area contributed by atoms with Crippen LogP contribution < -0.4 is 4.72 Å². The summed E-state index contributed by atoms with van der Waals surface area (Å²) >= 11 is 0. The molecule has 0 aliphatic carbocycles. The van der Waals surface area contributed by atoms with Crippen LogP contribution in [0.25, 0.3) is 0 Å². The number of carbonyl (C=O) groups excluding carboxylic acids is 1. The molecule has 0 aromatic heterocycles. The molecule has 0 radical (unpaired) electrons. The van der Waals surface area contributed by atoms with Gasteiger partial charge in [-0.3, -0.25) is 14.4 Å². The first kappa shape index (κ1) is 24.8. The molecular weight excluding hydrogens is 476 g/mol. The van der Waals surface area contributed by atoms with Gasteiger partial charge in [0.2, 0.25) is 0 Å². The highest BCUT2D eigenvalue weighted by Gasteiger charge is 2.33. The van der Waals surface area contributed by atoms with E-state index in [1.54, 1.807) is 0 Å². The average molecular weight is 495 g/mol. The molecule has 6 nitrogen and oxygen atoms in total. The lowest BCUT2D eigenvalue weighted by molar-refractivity contribution is -0.148. The SMILES string of the molecule is O=C(c1ccc(S(=O)(=O)Nc2cccc(C(F)(F)F)c2)cc1)N1CCN(CC(F)(F)F)CC1. The minimum Gasteiger partial charge on any atom is -0.336 e. The van der Waals surface area contributed by atoms with E-state index in [1.165, 1.54) is 28.0 Å². The van der Waals surface area contributed by atoms with Crippen molar-refractivity contribution in [3.63, 3.8) is 0 Å². The Morgan fingerprint density at radius 2 is 1.52 bits per heavy atom. The van der Waals surface area contributed by atoms with Crippen LogP contribution in [0.15, 0.2) is 53.4 Å². The van der Waals surface area contributed by atoms with Crippen molar-refractivity contribution < 1.29 is 39.6 Å². The maximum Gasteiger partial charge on any atom is 0.416 e. The standard InChI is InChI=1S/C20H19F6N3O3S/c21-19(22,23)13-28-8-10-29(11-9-28)18(30)14-4-6-17(7-5-14)33(31,32)27-16-3-1-2-15(12-16)20(24,25)26/h1-7,12,27H,8-11,13H2. The lowest BCUT2D eigenvalue weighted by atomic mass is 10.2. The molecule has 1 N–H and O–H groups in total. The summed E-state index contributed by atoms with van der Waals surface area (Å²) in [5, 5.41) is 0. The first-order valence-electron chi connectivity index (χ1n) is 9.63. The summed E-state index contributed by atoms with van der Waals surface area (Å²) in [6, 6.07) is 8.44. The van der Waals surface area contributed by atoms with Crippen molar-refractivity contribution in [3.8, 4) is 0 Å². The van der Waals surface area contributed by atoms with Crippen LogP contribution in [-0.2, 0) is 16.2 Å². The largest absolute Gasteiger partial charge is 0.416 e. The fraction of sp³-hybridized carbons (Fsp3) is 0.350. The number of carbonyl (C=O) groups is 1. The molecule has 1 saturated heterocycles. The van der Waals surface area contributed by atoms with Crippen molar-refractivity contribution in [2.45, 2.75) is 17.2 Å². The predicted octanol–water partition coefficient (Wildman–Crippen LogP) is 3.83. The van der Waals surface area contributed by atoms with Crippen molar-refractivity contribution >= 4 is 21.6 Å². The van der Waals surface area contributed by atoms with Crippen LogP contribution in [0.4, 0.5) is 32.0 Å². The number of piperazine rings is 1. The van der Waals surface area contributed by atoms with Crippen molar-refractivity contribution in [1.82, 2.24) is 9.80 Å². The molecule has 1 heterocycles. The molecule has 2 aromatic carbocycles. The molecule has 0 saturated carbocycles. The van der Waals surface area contributed by atoms with E-state index < -0.39 is 40.4 Å². The Hall–Kier alpha value is -2.80. The van der Waals surface area contributed by atoms with Gasteiger partial charge in [-0.25, -0.2) is 8.42 Å². The number of anilines is 1. The van der Waals surface area contributed by atoms with E-state index in [4.69, 9.17) is 0 Å². The van der Waals surface area contributed by atoms with Crippen LogP contribution in [0.2, 0.25) is 0 Å². The molecule has 1 amide bonds. The number of nitrogens with zero attached hydrogens (tertiary/aromatic N) is 2. The fourth-order valence-corrected chi connectivity index (χ4v) is 4.34. The number of halogens is 6. The zero-order valence-corrected chi connectivity index (χ0v) is 17.8. The number of nitrogens with one attached hydrogen (secondary N) is 1. The van der Waals surface area contributed by atoms with Gasteiger partial charge in [-0.15, -0.1) is 0 Å². The van der Waals surface area contributed by atoms with Crippen molar-refractivity contribution in [2.24, 2.45) is 0 Å². The van der Waals surface area contributed by atoms with Crippen LogP contribution in [0.5, 0.6) is 0 Å². The molecule has 0 atom stereocenters. The lowest BCUT2D eigenvalue weighted by Gasteiger charge is -2.35. The molecule has 1 fully saturated rings. The smallest absolute Gasteiger partial charge is 0.336 e. The molecule has 0 unspecified atom stereocenters. The van der Waals surface area contributed by atoms with Gasteiger partial charge in [0.15, 0.2) is 0 Å². The van der Waals surface area contributed by atoms with Gasteiger partial charge in [0, 0.05) is 37.4 Å². The topological polar surface area (TPSA) is 69.7 Å². The highest BCUT2D eigenvalue weighted by atomic mass is 32.2. The number of sulfonamides is 1. The second-order valence-electron chi connectivity index (χ2n) is 7.39. The summed E-state index contributed by atoms with van der Waals surface area (Å²) in [4.78, 5) is 14.9. The van der Waals surface area contributed by atoms with Crippen molar-refractivity contribution in [3.05, 3.63) is 59.7 Å². The number of hydrogen-bond acceptors (Lipinski definition) is 4. The Morgan fingerprint density at radius 3 is 2.06 bits per heavy atom. The van der Waals surface area contributed by atoms with Gasteiger partial charge in [0.05, 0.1) is 17.0 Å². The monoisotopic (exact) mass is 495 g/mol. The second-order valence-corrected chi connectivity index (χ2v) is 9.07. The Balaban J connectivity index is 1.65. The minimum atomic E-state index is -4.64. The molecule has 0 bridgehead atoms. The molecule has 180 valence electrons. The third-order valence-electron chi connectivity index (χ3n) is 4.92. The first-order valence-corrected chi connectivity index (χ1v) is 11.1. The molecule has 3 rings (SSSR count). The summed E-state index contributed by atoms with van der Waals surface area (Å²) in [7, 11) is -4.22. The average Bonchev–Trinajstić information content (AvgIpc) is 2.72. The van der Waals surface area contributed by atoms with Crippen LogP contribution in [0.1, 0.15) is 15.9 Å². The summed E-state index contributed by atoms with van der Waals surface area (Å²) in [5.41, 5.74) is -1.15. The zero-order chi connectivity index (χ0) is 24.4. The molecule has 33 heavy (non-hydrogen) atoms. The van der Waals surface area contributed by atoms with E-state index in [1.807, 2.05) is 0 Å². The summed E-state index contributed by atoms with van der Waals surface area (Å²) in [6.07, 6.45) is -8.96. The third kappa shape index (κ3) is 6.60. The van der Waals surface area contributed by atoms with Gasteiger partial charge < -0.3 is 4.90 Å². The molecule has 0 spiro atoms. The van der Waals surface area contributed by atoms with Crippen LogP contribution in [0, 0.1) is 0 Å². The fourth-order valence-electron chi connectivity index (χ4n) is 3.29. The second kappa shape index (κ2) is 9.21. The number of rotatable bonds is 5. The normalized spacial score (nSPS) is 16.0. The van der Waals surface area contributed by atoms with E-state index in [0.717, 1.165) is 24.3 Å². The van der Waals surface area contributed by atoms with Gasteiger partial charge in [0.25, 0.3) is 15.9 Å². The molecule has 2 aromatic rings. The zero-order valence-electron chi connectivity index (χ0n) is 16.9. The highest BCUT2D eigenvalue weighted by Crippen LogP contribution is 2.31. The lowest BCUT2D eigenvalue weighted by Crippen LogP contribution is -2.50. The summed E-state index contributed by atoms with van der Waals surface area (Å²) < 4.78 is 103.